The number of hydrogen-bond donors (Lipinski definition) is 2. The van der Waals surface area contributed by atoms with E-state index in [0.29, 0.717) is 12.2 Å². The van der Waals surface area contributed by atoms with Gasteiger partial charge >= 0.3 is 5.97 Å². The van der Waals surface area contributed by atoms with Crippen molar-refractivity contribution in [3.8, 4) is 5.75 Å². The molecule has 0 fully saturated rings. The van der Waals surface area contributed by atoms with Crippen LogP contribution in [0.5, 0.6) is 5.75 Å². The Morgan fingerprint density at radius 1 is 1.32 bits per heavy atom. The van der Waals surface area contributed by atoms with Crippen molar-refractivity contribution in [3.05, 3.63) is 29.8 Å². The van der Waals surface area contributed by atoms with E-state index in [1.165, 1.54) is 0 Å². The summed E-state index contributed by atoms with van der Waals surface area (Å²) in [5, 5.41) is 12.1. The van der Waals surface area contributed by atoms with E-state index in [1.54, 1.807) is 13.2 Å². The number of carboxylic acid groups (broad SMARTS) is 1. The van der Waals surface area contributed by atoms with E-state index in [9.17, 15) is 14.7 Å². The number of carboxylic acids is 1. The Bertz CT molecular complexity index is 501. The van der Waals surface area contributed by atoms with E-state index in [1.807, 2.05) is 32.0 Å². The van der Waals surface area contributed by atoms with Gasteiger partial charge in [0.25, 0.3) is 0 Å². The van der Waals surface area contributed by atoms with Crippen molar-refractivity contribution < 1.29 is 19.4 Å². The quantitative estimate of drug-likeness (QED) is 0.735. The van der Waals surface area contributed by atoms with Crippen molar-refractivity contribution in [1.29, 1.82) is 0 Å². The highest BCUT2D eigenvalue weighted by Gasteiger charge is 2.21. The summed E-state index contributed by atoms with van der Waals surface area (Å²) in [6.45, 7) is 4.00. The molecule has 5 nitrogen and oxygen atoms in total. The molecule has 0 saturated heterocycles. The minimum Gasteiger partial charge on any atom is -0.496 e. The van der Waals surface area contributed by atoms with E-state index >= 15 is 0 Å². The molecule has 0 radical (unpaired) electrons. The Kier molecular flexibility index (Phi) is 7.43. The van der Waals surface area contributed by atoms with Crippen LogP contribution in [-0.4, -0.2) is 30.6 Å². The molecule has 0 saturated carbocycles. The maximum absolute atomic E-state index is 11.9. The van der Waals surface area contributed by atoms with Gasteiger partial charge in [-0.25, -0.2) is 0 Å². The summed E-state index contributed by atoms with van der Waals surface area (Å²) in [5.74, 6) is -1.11. The molecule has 22 heavy (non-hydrogen) atoms. The highest BCUT2D eigenvalue weighted by Crippen LogP contribution is 2.21. The third-order valence-corrected chi connectivity index (χ3v) is 3.70. The van der Waals surface area contributed by atoms with E-state index < -0.39 is 11.9 Å². The normalized spacial score (nSPS) is 13.2. The van der Waals surface area contributed by atoms with Crippen LogP contribution in [0.25, 0.3) is 0 Å². The first-order valence-electron chi connectivity index (χ1n) is 7.62. The predicted octanol–water partition coefficient (Wildman–Crippen LogP) is 2.49. The number of benzene rings is 1. The first-order chi connectivity index (χ1) is 10.5. The molecule has 2 atom stereocenters. The van der Waals surface area contributed by atoms with Crippen LogP contribution in [0, 0.1) is 11.8 Å². The van der Waals surface area contributed by atoms with Gasteiger partial charge in [0.2, 0.25) is 5.91 Å². The van der Waals surface area contributed by atoms with Crippen LogP contribution >= 0.6 is 0 Å². The molecule has 0 heterocycles. The van der Waals surface area contributed by atoms with Crippen LogP contribution in [0.4, 0.5) is 0 Å². The number of carbonyl (C=O) groups is 2. The lowest BCUT2D eigenvalue weighted by molar-refractivity contribution is -0.141. The Morgan fingerprint density at radius 3 is 2.59 bits per heavy atom. The zero-order chi connectivity index (χ0) is 16.5. The molecule has 2 N–H and O–H groups in total. The highest BCUT2D eigenvalue weighted by molar-refractivity contribution is 5.79. The third kappa shape index (κ3) is 5.39. The Hall–Kier alpha value is -2.04. The molecule has 5 heteroatoms. The van der Waals surface area contributed by atoms with Crippen LogP contribution < -0.4 is 10.1 Å². The molecule has 1 aromatic rings. The summed E-state index contributed by atoms with van der Waals surface area (Å²) in [6.07, 6.45) is 2.05. The van der Waals surface area contributed by atoms with E-state index in [4.69, 9.17) is 4.74 Å². The summed E-state index contributed by atoms with van der Waals surface area (Å²) in [4.78, 5) is 23.3. The number of ether oxygens (including phenoxy) is 1. The maximum atomic E-state index is 11.9. The van der Waals surface area contributed by atoms with Gasteiger partial charge in [0, 0.05) is 12.5 Å². The second kappa shape index (κ2) is 9.07. The molecule has 0 aliphatic rings. The number of hydrogen-bond acceptors (Lipinski definition) is 3. The van der Waals surface area contributed by atoms with Crippen LogP contribution in [0.1, 0.15) is 32.3 Å². The van der Waals surface area contributed by atoms with Gasteiger partial charge in [0.15, 0.2) is 0 Å². The average Bonchev–Trinajstić information content (AvgIpc) is 2.51. The molecule has 1 rings (SSSR count). The molecule has 0 aliphatic heterocycles. The van der Waals surface area contributed by atoms with Gasteiger partial charge < -0.3 is 15.2 Å². The first kappa shape index (κ1) is 18.0. The summed E-state index contributed by atoms with van der Waals surface area (Å²) >= 11 is 0. The fraction of sp³-hybridized carbons (Fsp3) is 0.529. The van der Waals surface area contributed by atoms with E-state index in [-0.39, 0.29) is 18.4 Å². The molecular weight excluding hydrogens is 282 g/mol. The van der Waals surface area contributed by atoms with E-state index in [0.717, 1.165) is 18.4 Å². The smallest absolute Gasteiger partial charge is 0.308 e. The highest BCUT2D eigenvalue weighted by atomic mass is 16.5. The van der Waals surface area contributed by atoms with Crippen molar-refractivity contribution >= 4 is 11.9 Å². The lowest BCUT2D eigenvalue weighted by Gasteiger charge is -2.17. The number of carbonyl (C=O) groups excluding carboxylic acids is 1. The number of aliphatic carboxylic acids is 1. The molecule has 2 unspecified atom stereocenters. The monoisotopic (exact) mass is 307 g/mol. The fourth-order valence-corrected chi connectivity index (χ4v) is 2.35. The molecule has 0 aliphatic carbocycles. The summed E-state index contributed by atoms with van der Waals surface area (Å²) in [5.41, 5.74) is 0.827. The van der Waals surface area contributed by atoms with Crippen molar-refractivity contribution in [2.45, 2.75) is 33.1 Å². The topological polar surface area (TPSA) is 75.6 Å². The zero-order valence-electron chi connectivity index (χ0n) is 13.5. The molecule has 122 valence electrons. The van der Waals surface area contributed by atoms with Gasteiger partial charge in [-0.2, -0.15) is 0 Å². The molecular formula is C17H25NO4. The lowest BCUT2D eigenvalue weighted by atomic mass is 9.98. The van der Waals surface area contributed by atoms with Gasteiger partial charge in [0.1, 0.15) is 5.75 Å². The summed E-state index contributed by atoms with van der Waals surface area (Å²) < 4.78 is 5.24. The molecule has 0 bridgehead atoms. The Balaban J connectivity index is 2.67. The minimum atomic E-state index is -0.922. The van der Waals surface area contributed by atoms with Crippen molar-refractivity contribution in [1.82, 2.24) is 5.32 Å². The summed E-state index contributed by atoms with van der Waals surface area (Å²) in [6, 6.07) is 7.33. The van der Waals surface area contributed by atoms with Crippen LogP contribution in [0.2, 0.25) is 0 Å². The Labute approximate surface area is 131 Å². The Morgan fingerprint density at radius 2 is 2.00 bits per heavy atom. The largest absolute Gasteiger partial charge is 0.496 e. The van der Waals surface area contributed by atoms with Crippen LogP contribution in [0.3, 0.4) is 0 Å². The third-order valence-electron chi connectivity index (χ3n) is 3.70. The zero-order valence-corrected chi connectivity index (χ0v) is 13.5. The van der Waals surface area contributed by atoms with Crippen molar-refractivity contribution in [3.63, 3.8) is 0 Å². The predicted molar refractivity (Wildman–Crippen MR) is 84.9 cm³/mol. The van der Waals surface area contributed by atoms with Gasteiger partial charge in [0.05, 0.1) is 13.0 Å². The van der Waals surface area contributed by atoms with Gasteiger partial charge in [-0.3, -0.25) is 9.59 Å². The number of nitrogens with one attached hydrogen (secondary N) is 1. The maximum Gasteiger partial charge on any atom is 0.308 e. The molecule has 1 amide bonds. The van der Waals surface area contributed by atoms with E-state index in [2.05, 4.69) is 5.32 Å². The standard InChI is InChI=1S/C17H25NO4/c1-4-7-12(2)16(19)18-11-14(17(20)21)10-13-8-5-6-9-15(13)22-3/h5-6,8-9,12,14H,4,7,10-11H2,1-3H3,(H,18,19)(H,20,21). The van der Waals surface area contributed by atoms with Gasteiger partial charge in [-0.1, -0.05) is 38.5 Å². The molecule has 0 aromatic heterocycles. The number of amides is 1. The van der Waals surface area contributed by atoms with Gasteiger partial charge in [-0.15, -0.1) is 0 Å². The lowest BCUT2D eigenvalue weighted by Crippen LogP contribution is -2.36. The van der Waals surface area contributed by atoms with Crippen LogP contribution in [0.15, 0.2) is 24.3 Å². The number of para-hydroxylation sites is 1. The SMILES string of the molecule is CCCC(C)C(=O)NCC(Cc1ccccc1OC)C(=O)O. The molecule has 0 spiro atoms. The summed E-state index contributed by atoms with van der Waals surface area (Å²) in [7, 11) is 1.56. The van der Waals surface area contributed by atoms with Crippen molar-refractivity contribution in [2.24, 2.45) is 11.8 Å². The van der Waals surface area contributed by atoms with Gasteiger partial charge in [-0.05, 0) is 24.5 Å². The van der Waals surface area contributed by atoms with Crippen LogP contribution in [-0.2, 0) is 16.0 Å². The number of methoxy groups -OCH3 is 1. The average molecular weight is 307 g/mol. The fourth-order valence-electron chi connectivity index (χ4n) is 2.35. The second-order valence-corrected chi connectivity index (χ2v) is 5.49. The number of rotatable bonds is 9. The molecule has 1 aromatic carbocycles. The van der Waals surface area contributed by atoms with Crippen molar-refractivity contribution in [2.75, 3.05) is 13.7 Å². The second-order valence-electron chi connectivity index (χ2n) is 5.49. The minimum absolute atomic E-state index is 0.0897. The first-order valence-corrected chi connectivity index (χ1v) is 7.62.